The second-order valence-electron chi connectivity index (χ2n) is 14.1. The van der Waals surface area contributed by atoms with Crippen LogP contribution in [0.1, 0.15) is 6.85 Å². The topological polar surface area (TPSA) is 9.72 Å². The second-order valence-corrected chi connectivity index (χ2v) is 16.3. The van der Waals surface area contributed by atoms with Crippen LogP contribution < -0.4 is 30.4 Å². The molecule has 0 saturated carbocycles. The van der Waals surface area contributed by atoms with Crippen molar-refractivity contribution >= 4 is 107 Å². The fourth-order valence-electron chi connectivity index (χ4n) is 8.78. The second kappa shape index (κ2) is 12.5. The van der Waals surface area contributed by atoms with E-state index in [9.17, 15) is 0 Å². The van der Waals surface area contributed by atoms with Crippen molar-refractivity contribution in [1.82, 2.24) is 0 Å². The van der Waals surface area contributed by atoms with E-state index in [2.05, 4.69) is 160 Å². The standard InChI is InChI=1S/C50H32BN3S2/c1-4-15-33(16-5-1)34-27-30-45-38(31-34)49-50(56-45)51-39-29-28-37-32-44(39)54(43-24-14-23-42(48(43)51)53(49)36-19-8-3-9-20-36)41-22-11-13-26-47(41)55-46-25-12-10-21-40(46)52(37)35-17-6-2-7-18-35/h1-32H/i1D,4D,5D,15D,16D. The predicted molar refractivity (Wildman–Crippen MR) is 240 cm³/mol. The van der Waals surface area contributed by atoms with Gasteiger partial charge in [-0.05, 0) is 107 Å². The molecule has 0 fully saturated rings. The van der Waals surface area contributed by atoms with Crippen LogP contribution in [0.4, 0.5) is 51.2 Å². The lowest BCUT2D eigenvalue weighted by atomic mass is 9.36. The Bertz CT molecular complexity index is 3260. The van der Waals surface area contributed by atoms with Crippen molar-refractivity contribution in [3.8, 4) is 11.1 Å². The van der Waals surface area contributed by atoms with Gasteiger partial charge in [-0.3, -0.25) is 0 Å². The van der Waals surface area contributed by atoms with Crippen LogP contribution in [0.3, 0.4) is 0 Å². The normalized spacial score (nSPS) is 14.8. The number of thiophene rings is 1. The molecule has 0 unspecified atom stereocenters. The zero-order chi connectivity index (χ0) is 41.1. The minimum absolute atomic E-state index is 0.122. The number of para-hydroxylation sites is 4. The van der Waals surface area contributed by atoms with Crippen LogP contribution in [0.15, 0.2) is 204 Å². The van der Waals surface area contributed by atoms with Crippen molar-refractivity contribution in [1.29, 1.82) is 0 Å². The van der Waals surface area contributed by atoms with Gasteiger partial charge in [-0.25, -0.2) is 0 Å². The van der Waals surface area contributed by atoms with E-state index in [1.54, 1.807) is 23.1 Å². The highest BCUT2D eigenvalue weighted by Gasteiger charge is 2.45. The van der Waals surface area contributed by atoms with Crippen LogP contribution in [0, 0.1) is 0 Å². The number of rotatable bonds is 3. The molecule has 12 rings (SSSR count). The van der Waals surface area contributed by atoms with Gasteiger partial charge in [0.15, 0.2) is 0 Å². The molecule has 262 valence electrons. The summed E-state index contributed by atoms with van der Waals surface area (Å²) in [7, 11) is 0. The third kappa shape index (κ3) is 4.73. The van der Waals surface area contributed by atoms with Crippen molar-refractivity contribution < 1.29 is 6.85 Å². The number of benzene rings is 8. The molecule has 0 aliphatic carbocycles. The van der Waals surface area contributed by atoms with Gasteiger partial charge in [0.2, 0.25) is 0 Å². The molecule has 0 spiro atoms. The lowest BCUT2D eigenvalue weighted by molar-refractivity contribution is 1.19. The zero-order valence-corrected chi connectivity index (χ0v) is 31.5. The summed E-state index contributed by atoms with van der Waals surface area (Å²) >= 11 is 3.55. The van der Waals surface area contributed by atoms with Gasteiger partial charge in [0.1, 0.15) is 0 Å². The summed E-state index contributed by atoms with van der Waals surface area (Å²) in [6, 6.07) is 56.5. The molecule has 9 aromatic rings. The summed E-state index contributed by atoms with van der Waals surface area (Å²) in [5, 5.41) is 0.966. The Hall–Kier alpha value is -6.47. The minimum atomic E-state index is -0.396. The first-order valence-electron chi connectivity index (χ1n) is 21.1. The lowest BCUT2D eigenvalue weighted by Gasteiger charge is -2.44. The summed E-state index contributed by atoms with van der Waals surface area (Å²) in [5.41, 5.74) is 12.9. The summed E-state index contributed by atoms with van der Waals surface area (Å²) < 4.78 is 45.1. The fourth-order valence-corrected chi connectivity index (χ4v) is 11.1. The van der Waals surface area contributed by atoms with E-state index in [1.165, 1.54) is 15.7 Å². The first kappa shape index (κ1) is 27.2. The van der Waals surface area contributed by atoms with Gasteiger partial charge in [-0.15, -0.1) is 11.3 Å². The average Bonchev–Trinajstić information content (AvgIpc) is 3.67. The Kier molecular flexibility index (Phi) is 6.08. The molecule has 1 aromatic heterocycles. The molecule has 0 radical (unpaired) electrons. The molecular weight excluding hydrogens is 718 g/mol. The van der Waals surface area contributed by atoms with Crippen molar-refractivity contribution in [3.63, 3.8) is 0 Å². The Morgan fingerprint density at radius 2 is 1.09 bits per heavy atom. The maximum Gasteiger partial charge on any atom is 0.264 e. The fraction of sp³-hybridized carbons (Fsp3) is 0. The van der Waals surface area contributed by atoms with Crippen LogP contribution in [0.2, 0.25) is 0 Å². The molecule has 3 aliphatic heterocycles. The van der Waals surface area contributed by atoms with E-state index in [1.807, 2.05) is 18.2 Å². The summed E-state index contributed by atoms with van der Waals surface area (Å²) in [6.07, 6.45) is 0. The molecule has 2 bridgehead atoms. The minimum Gasteiger partial charge on any atom is -0.310 e. The smallest absolute Gasteiger partial charge is 0.264 e. The van der Waals surface area contributed by atoms with E-state index in [-0.39, 0.29) is 36.4 Å². The Balaban J connectivity index is 1.16. The third-order valence-corrected chi connectivity index (χ3v) is 13.4. The lowest BCUT2D eigenvalue weighted by Crippen LogP contribution is -2.60. The Morgan fingerprint density at radius 3 is 1.82 bits per heavy atom. The van der Waals surface area contributed by atoms with Crippen molar-refractivity contribution in [3.05, 3.63) is 194 Å². The van der Waals surface area contributed by atoms with Crippen molar-refractivity contribution in [2.45, 2.75) is 9.79 Å². The molecule has 8 aromatic carbocycles. The van der Waals surface area contributed by atoms with Crippen LogP contribution in [0.25, 0.3) is 21.2 Å². The van der Waals surface area contributed by atoms with E-state index in [0.29, 0.717) is 5.56 Å². The van der Waals surface area contributed by atoms with E-state index < -0.39 is 6.04 Å². The van der Waals surface area contributed by atoms with E-state index >= 15 is 0 Å². The number of nitrogens with zero attached hydrogens (tertiary/aromatic N) is 3. The van der Waals surface area contributed by atoms with Crippen LogP contribution >= 0.6 is 23.1 Å². The van der Waals surface area contributed by atoms with E-state index in [4.69, 9.17) is 6.85 Å². The summed E-state index contributed by atoms with van der Waals surface area (Å²) in [4.78, 5) is 9.50. The largest absolute Gasteiger partial charge is 0.310 e. The van der Waals surface area contributed by atoms with Crippen molar-refractivity contribution in [2.75, 3.05) is 14.7 Å². The SMILES string of the molecule is [2H]c1c([2H])c([2H])c(-c2ccc3sc4c(c3c2)N(c2ccccc2)c2cccc3c2B4c2ccc4cc2N3c2ccccc2Sc2ccccc2N4c2ccccc2)c([2H])c1[2H]. The predicted octanol–water partition coefficient (Wildman–Crippen LogP) is 12.6. The first-order valence-corrected chi connectivity index (χ1v) is 20.3. The molecule has 0 saturated heterocycles. The molecule has 0 atom stereocenters. The first-order chi connectivity index (χ1) is 29.9. The highest BCUT2D eigenvalue weighted by atomic mass is 32.2. The van der Waals surface area contributed by atoms with Gasteiger partial charge in [-0.1, -0.05) is 121 Å². The number of fused-ring (bicyclic) bond motifs is 10. The van der Waals surface area contributed by atoms with Crippen molar-refractivity contribution in [2.24, 2.45) is 0 Å². The maximum absolute atomic E-state index is 8.85. The highest BCUT2D eigenvalue weighted by molar-refractivity contribution is 7.99. The summed E-state index contributed by atoms with van der Waals surface area (Å²) in [5.74, 6) is 0. The van der Waals surface area contributed by atoms with Gasteiger partial charge in [0.05, 0.1) is 23.9 Å². The third-order valence-electron chi connectivity index (χ3n) is 11.1. The molecule has 0 amide bonds. The van der Waals surface area contributed by atoms with Crippen LogP contribution in [-0.2, 0) is 0 Å². The molecule has 3 nitrogen and oxygen atoms in total. The quantitative estimate of drug-likeness (QED) is 0.166. The number of anilines is 9. The monoisotopic (exact) mass is 754 g/mol. The van der Waals surface area contributed by atoms with Gasteiger partial charge in [-0.2, -0.15) is 0 Å². The van der Waals surface area contributed by atoms with Crippen LogP contribution in [0.5, 0.6) is 0 Å². The van der Waals surface area contributed by atoms with Crippen LogP contribution in [-0.4, -0.2) is 6.71 Å². The number of hydrogen-bond donors (Lipinski definition) is 0. The van der Waals surface area contributed by atoms with Gasteiger partial charge >= 0.3 is 0 Å². The molecule has 56 heavy (non-hydrogen) atoms. The Labute approximate surface area is 341 Å². The van der Waals surface area contributed by atoms with Gasteiger partial charge in [0.25, 0.3) is 6.71 Å². The molecular formula is C50H32BN3S2. The van der Waals surface area contributed by atoms with Gasteiger partial charge in [0, 0.05) is 58.8 Å². The Morgan fingerprint density at radius 1 is 0.464 bits per heavy atom. The number of hydrogen-bond acceptors (Lipinski definition) is 5. The molecule has 3 aliphatic rings. The molecule has 0 N–H and O–H groups in total. The highest BCUT2D eigenvalue weighted by Crippen LogP contribution is 2.52. The van der Waals surface area contributed by atoms with Gasteiger partial charge < -0.3 is 14.7 Å². The maximum atomic E-state index is 8.85. The zero-order valence-electron chi connectivity index (χ0n) is 34.8. The van der Waals surface area contributed by atoms with E-state index in [0.717, 1.165) is 71.1 Å². The molecule has 4 heterocycles. The average molecular weight is 755 g/mol. The molecule has 6 heteroatoms. The summed E-state index contributed by atoms with van der Waals surface area (Å²) in [6.45, 7) is -0.122.